The predicted molar refractivity (Wildman–Crippen MR) is 41.1 cm³/mol. The van der Waals surface area contributed by atoms with Gasteiger partial charge in [-0.1, -0.05) is 0 Å². The van der Waals surface area contributed by atoms with Crippen LogP contribution in [0.4, 0.5) is 0 Å². The van der Waals surface area contributed by atoms with Gasteiger partial charge in [-0.2, -0.15) is 0 Å². The number of hydrogen-bond donors (Lipinski definition) is 1. The van der Waals surface area contributed by atoms with E-state index in [-0.39, 0.29) is 11.8 Å². The predicted octanol–water partition coefficient (Wildman–Crippen LogP) is 0.738. The van der Waals surface area contributed by atoms with Crippen LogP contribution >= 0.6 is 0 Å². The van der Waals surface area contributed by atoms with E-state index >= 15 is 0 Å². The van der Waals surface area contributed by atoms with Gasteiger partial charge in [0.15, 0.2) is 5.78 Å². The largest absolute Gasteiger partial charge is 0.472 e. The summed E-state index contributed by atoms with van der Waals surface area (Å²) in [6.07, 6.45) is 3.47. The molecule has 3 nitrogen and oxygen atoms in total. The average molecular weight is 153 g/mol. The monoisotopic (exact) mass is 153 g/mol. The van der Waals surface area contributed by atoms with E-state index in [4.69, 9.17) is 10.2 Å². The van der Waals surface area contributed by atoms with E-state index in [0.717, 1.165) is 5.56 Å². The lowest BCUT2D eigenvalue weighted by Gasteiger charge is -2.00. The van der Waals surface area contributed by atoms with Crippen molar-refractivity contribution in [1.29, 1.82) is 0 Å². The standard InChI is InChI=1S/C8H11NO2/c1-6(9)8(10)4-7-2-3-11-5-7/h2-3,5-6H,4,9H2,1H3/t6-/m1/s1. The van der Waals surface area contributed by atoms with Gasteiger partial charge in [-0.3, -0.25) is 4.79 Å². The van der Waals surface area contributed by atoms with E-state index in [1.165, 1.54) is 0 Å². The SMILES string of the molecule is C[C@@H](N)C(=O)Cc1ccoc1. The molecule has 1 aromatic heterocycles. The minimum Gasteiger partial charge on any atom is -0.472 e. The molecule has 3 heteroatoms. The van der Waals surface area contributed by atoms with Crippen LogP contribution in [-0.4, -0.2) is 11.8 Å². The molecule has 2 N–H and O–H groups in total. The van der Waals surface area contributed by atoms with Gasteiger partial charge in [-0.15, -0.1) is 0 Å². The second-order valence-corrected chi connectivity index (χ2v) is 2.56. The normalized spacial score (nSPS) is 12.9. The zero-order valence-corrected chi connectivity index (χ0v) is 6.41. The highest BCUT2D eigenvalue weighted by atomic mass is 16.3. The lowest BCUT2D eigenvalue weighted by molar-refractivity contribution is -0.119. The molecule has 0 saturated carbocycles. The Balaban J connectivity index is 2.50. The molecule has 1 heterocycles. The fourth-order valence-electron chi connectivity index (χ4n) is 0.755. The first-order valence-electron chi connectivity index (χ1n) is 3.49. The molecule has 0 saturated heterocycles. The summed E-state index contributed by atoms with van der Waals surface area (Å²) in [4.78, 5) is 11.0. The molecule has 1 rings (SSSR count). The minimum atomic E-state index is -0.384. The summed E-state index contributed by atoms with van der Waals surface area (Å²) in [6, 6.07) is 1.38. The summed E-state index contributed by atoms with van der Waals surface area (Å²) in [5, 5.41) is 0. The van der Waals surface area contributed by atoms with E-state index in [0.29, 0.717) is 6.42 Å². The number of carbonyl (C=O) groups is 1. The molecule has 0 radical (unpaired) electrons. The summed E-state index contributed by atoms with van der Waals surface area (Å²) in [7, 11) is 0. The Labute approximate surface area is 65.2 Å². The average Bonchev–Trinajstić information content (AvgIpc) is 2.39. The van der Waals surface area contributed by atoms with Crippen LogP contribution < -0.4 is 5.73 Å². The van der Waals surface area contributed by atoms with Crippen LogP contribution in [0.25, 0.3) is 0 Å². The van der Waals surface area contributed by atoms with Crippen LogP contribution in [-0.2, 0) is 11.2 Å². The van der Waals surface area contributed by atoms with Gasteiger partial charge in [0.2, 0.25) is 0 Å². The van der Waals surface area contributed by atoms with Crippen molar-refractivity contribution in [2.24, 2.45) is 5.73 Å². The van der Waals surface area contributed by atoms with Crippen LogP contribution in [0.1, 0.15) is 12.5 Å². The zero-order chi connectivity index (χ0) is 8.27. The molecule has 60 valence electrons. The Morgan fingerprint density at radius 3 is 3.00 bits per heavy atom. The topological polar surface area (TPSA) is 56.2 Å². The fourth-order valence-corrected chi connectivity index (χ4v) is 0.755. The van der Waals surface area contributed by atoms with Crippen LogP contribution in [0.3, 0.4) is 0 Å². The number of furan rings is 1. The second kappa shape index (κ2) is 3.34. The molecule has 0 bridgehead atoms. The van der Waals surface area contributed by atoms with Gasteiger partial charge >= 0.3 is 0 Å². The minimum absolute atomic E-state index is 0.0337. The van der Waals surface area contributed by atoms with Gasteiger partial charge in [0.05, 0.1) is 18.6 Å². The third-order valence-electron chi connectivity index (χ3n) is 1.47. The van der Waals surface area contributed by atoms with E-state index in [1.807, 2.05) is 0 Å². The summed E-state index contributed by atoms with van der Waals surface area (Å²) < 4.78 is 4.80. The Hall–Kier alpha value is -1.09. The van der Waals surface area contributed by atoms with E-state index in [9.17, 15) is 4.79 Å². The number of ketones is 1. The molecule has 0 fully saturated rings. The van der Waals surface area contributed by atoms with Crippen molar-refractivity contribution in [2.75, 3.05) is 0 Å². The molecule has 0 spiro atoms. The summed E-state index contributed by atoms with van der Waals surface area (Å²) >= 11 is 0. The smallest absolute Gasteiger partial charge is 0.153 e. The third-order valence-corrected chi connectivity index (χ3v) is 1.47. The van der Waals surface area contributed by atoms with Gasteiger partial charge in [-0.25, -0.2) is 0 Å². The van der Waals surface area contributed by atoms with E-state index < -0.39 is 0 Å². The molecule has 0 aliphatic rings. The molecule has 0 aliphatic carbocycles. The molecule has 0 aromatic carbocycles. The van der Waals surface area contributed by atoms with Crippen molar-refractivity contribution in [1.82, 2.24) is 0 Å². The highest BCUT2D eigenvalue weighted by molar-refractivity contribution is 5.85. The highest BCUT2D eigenvalue weighted by Gasteiger charge is 2.08. The maximum atomic E-state index is 11.0. The van der Waals surface area contributed by atoms with Gasteiger partial charge in [0.1, 0.15) is 0 Å². The van der Waals surface area contributed by atoms with Gasteiger partial charge in [0.25, 0.3) is 0 Å². The van der Waals surface area contributed by atoms with Crippen molar-refractivity contribution in [3.63, 3.8) is 0 Å². The third kappa shape index (κ3) is 2.20. The van der Waals surface area contributed by atoms with Crippen LogP contribution in [0, 0.1) is 0 Å². The molecule has 0 unspecified atom stereocenters. The molecule has 0 amide bonds. The first-order valence-corrected chi connectivity index (χ1v) is 3.49. The fraction of sp³-hybridized carbons (Fsp3) is 0.375. The first-order chi connectivity index (χ1) is 5.20. The molecule has 11 heavy (non-hydrogen) atoms. The number of hydrogen-bond acceptors (Lipinski definition) is 3. The molecule has 1 atom stereocenters. The van der Waals surface area contributed by atoms with Gasteiger partial charge < -0.3 is 10.2 Å². The van der Waals surface area contributed by atoms with Crippen LogP contribution in [0.15, 0.2) is 23.0 Å². The van der Waals surface area contributed by atoms with Crippen LogP contribution in [0.5, 0.6) is 0 Å². The molecule has 1 aromatic rings. The molecule has 0 aliphatic heterocycles. The maximum Gasteiger partial charge on any atom is 0.153 e. The van der Waals surface area contributed by atoms with Crippen molar-refractivity contribution in [3.8, 4) is 0 Å². The molecular weight excluding hydrogens is 142 g/mol. The maximum absolute atomic E-state index is 11.0. The Bertz CT molecular complexity index is 226. The van der Waals surface area contributed by atoms with Crippen molar-refractivity contribution in [2.45, 2.75) is 19.4 Å². The van der Waals surface area contributed by atoms with Crippen molar-refractivity contribution < 1.29 is 9.21 Å². The van der Waals surface area contributed by atoms with E-state index in [1.54, 1.807) is 25.5 Å². The highest BCUT2D eigenvalue weighted by Crippen LogP contribution is 2.02. The van der Waals surface area contributed by atoms with E-state index in [2.05, 4.69) is 0 Å². The lowest BCUT2D eigenvalue weighted by Crippen LogP contribution is -2.27. The van der Waals surface area contributed by atoms with Crippen LogP contribution in [0.2, 0.25) is 0 Å². The quantitative estimate of drug-likeness (QED) is 0.696. The number of carbonyl (C=O) groups excluding carboxylic acids is 1. The number of Topliss-reactive ketones (excluding diaryl/α,β-unsaturated/α-hetero) is 1. The van der Waals surface area contributed by atoms with Crippen molar-refractivity contribution in [3.05, 3.63) is 24.2 Å². The molecular formula is C8H11NO2. The number of rotatable bonds is 3. The van der Waals surface area contributed by atoms with Gasteiger partial charge in [-0.05, 0) is 18.6 Å². The lowest BCUT2D eigenvalue weighted by atomic mass is 10.1. The number of nitrogens with two attached hydrogens (primary N) is 1. The zero-order valence-electron chi connectivity index (χ0n) is 6.41. The first kappa shape index (κ1) is 8.01. The summed E-state index contributed by atoms with van der Waals surface area (Å²) in [6.45, 7) is 1.68. The Morgan fingerprint density at radius 1 is 1.82 bits per heavy atom. The Kier molecular flexibility index (Phi) is 2.44. The second-order valence-electron chi connectivity index (χ2n) is 2.56. The summed E-state index contributed by atoms with van der Waals surface area (Å²) in [5.41, 5.74) is 6.25. The van der Waals surface area contributed by atoms with Crippen molar-refractivity contribution >= 4 is 5.78 Å². The summed E-state index contributed by atoms with van der Waals surface area (Å²) in [5.74, 6) is 0.0337. The Morgan fingerprint density at radius 2 is 2.55 bits per heavy atom. The van der Waals surface area contributed by atoms with Gasteiger partial charge in [0, 0.05) is 6.42 Å².